The minimum absolute atomic E-state index is 0.281. The molecule has 2 unspecified atom stereocenters. The van der Waals surface area contributed by atoms with Crippen LogP contribution in [0.3, 0.4) is 0 Å². The lowest BCUT2D eigenvalue weighted by molar-refractivity contribution is -0.150. The number of nitrogen functional groups attached to an aromatic ring is 1. The van der Waals surface area contributed by atoms with Gasteiger partial charge in [-0.25, -0.2) is 4.79 Å². The number of amides is 2. The molecule has 4 rings (SSSR count). The molecule has 2 aliphatic rings. The molecule has 30 heavy (non-hydrogen) atoms. The molecule has 156 valence electrons. The summed E-state index contributed by atoms with van der Waals surface area (Å²) in [5, 5.41) is 4.28. The minimum atomic E-state index is -0.657. The van der Waals surface area contributed by atoms with Crippen LogP contribution < -0.4 is 11.1 Å². The molecule has 0 saturated carbocycles. The van der Waals surface area contributed by atoms with E-state index < -0.39 is 12.0 Å². The smallest absolute Gasteiger partial charge is 0.354 e. The quantitative estimate of drug-likeness (QED) is 0.295. The number of anilines is 1. The highest BCUT2D eigenvalue weighted by Crippen LogP contribution is 2.42. The molecule has 3 N–H and O–H groups in total. The molecule has 3 heterocycles. The summed E-state index contributed by atoms with van der Waals surface area (Å²) in [6, 6.07) is 10.3. The van der Waals surface area contributed by atoms with Gasteiger partial charge in [0.25, 0.3) is 11.8 Å². The Morgan fingerprint density at radius 1 is 1.30 bits per heavy atom. The van der Waals surface area contributed by atoms with Crippen LogP contribution in [0.2, 0.25) is 0 Å². The molecular weight excluding hydrogens is 442 g/mol. The summed E-state index contributed by atoms with van der Waals surface area (Å²) in [7, 11) is 1.30. The summed E-state index contributed by atoms with van der Waals surface area (Å²) in [4.78, 5) is 40.7. The lowest BCUT2D eigenvalue weighted by atomic mass is 10.0. The third kappa shape index (κ3) is 3.94. The number of nitrogens with zero attached hydrogens (tertiary/aromatic N) is 1. The van der Waals surface area contributed by atoms with E-state index >= 15 is 0 Å². The lowest BCUT2D eigenvalue weighted by Crippen LogP contribution is -2.70. The number of nitrogens with one attached hydrogen (secondary N) is 1. The number of carbonyl (C=O) groups is 3. The molecule has 7 nitrogen and oxygen atoms in total. The van der Waals surface area contributed by atoms with E-state index in [1.807, 2.05) is 29.6 Å². The fourth-order valence-corrected chi connectivity index (χ4v) is 6.24. The summed E-state index contributed by atoms with van der Waals surface area (Å²) in [5.74, 6) is 0.00464. The standard InChI is InChI=1S/C20H19N3O4S3/c1-27-20(26)16-11(9-29-13-6-4-12(21)5-7-13)10-30-19-15(18(25)23(16)19)22-17(24)14-3-2-8-28-14/h2-8,15,19H,9-10,21H2,1H3,(H,22,24). The number of thiophene rings is 1. The Kier molecular flexibility index (Phi) is 6.07. The first kappa shape index (κ1) is 20.8. The lowest BCUT2D eigenvalue weighted by Gasteiger charge is -2.49. The van der Waals surface area contributed by atoms with Gasteiger partial charge >= 0.3 is 5.97 Å². The van der Waals surface area contributed by atoms with Crippen molar-refractivity contribution in [1.29, 1.82) is 0 Å². The van der Waals surface area contributed by atoms with E-state index in [9.17, 15) is 14.4 Å². The summed E-state index contributed by atoms with van der Waals surface area (Å²) < 4.78 is 4.95. The second-order valence-electron chi connectivity index (χ2n) is 6.64. The summed E-state index contributed by atoms with van der Waals surface area (Å²) in [6.45, 7) is 0. The molecule has 10 heteroatoms. The van der Waals surface area contributed by atoms with Gasteiger partial charge in [0.2, 0.25) is 0 Å². The van der Waals surface area contributed by atoms with Crippen molar-refractivity contribution in [1.82, 2.24) is 10.2 Å². The van der Waals surface area contributed by atoms with Crippen LogP contribution >= 0.6 is 34.9 Å². The molecule has 1 aromatic carbocycles. The fraction of sp³-hybridized carbons (Fsp3) is 0.250. The van der Waals surface area contributed by atoms with Gasteiger partial charge in [-0.1, -0.05) is 6.07 Å². The average Bonchev–Trinajstić information content (AvgIpc) is 3.30. The molecule has 1 aromatic heterocycles. The topological polar surface area (TPSA) is 102 Å². The highest BCUT2D eigenvalue weighted by atomic mass is 32.2. The van der Waals surface area contributed by atoms with Gasteiger partial charge in [0.15, 0.2) is 0 Å². The fourth-order valence-electron chi connectivity index (χ4n) is 3.23. The second kappa shape index (κ2) is 8.75. The number of rotatable bonds is 6. The molecule has 1 saturated heterocycles. The van der Waals surface area contributed by atoms with E-state index in [1.165, 1.54) is 35.1 Å². The Morgan fingerprint density at radius 3 is 2.73 bits per heavy atom. The Labute approximate surface area is 186 Å². The Hall–Kier alpha value is -2.43. The maximum absolute atomic E-state index is 12.8. The molecule has 2 atom stereocenters. The van der Waals surface area contributed by atoms with E-state index in [0.29, 0.717) is 22.1 Å². The van der Waals surface area contributed by atoms with Crippen LogP contribution in [0.4, 0.5) is 5.69 Å². The monoisotopic (exact) mass is 461 g/mol. The molecule has 0 aliphatic carbocycles. The van der Waals surface area contributed by atoms with Gasteiger partial charge in [-0.2, -0.15) is 0 Å². The maximum Gasteiger partial charge on any atom is 0.354 e. The zero-order chi connectivity index (χ0) is 21.3. The van der Waals surface area contributed by atoms with Gasteiger partial charge in [-0.05, 0) is 41.3 Å². The number of esters is 1. The third-order valence-electron chi connectivity index (χ3n) is 4.75. The van der Waals surface area contributed by atoms with Crippen LogP contribution in [0.25, 0.3) is 0 Å². The number of thioether (sulfide) groups is 2. The van der Waals surface area contributed by atoms with E-state index in [2.05, 4.69) is 5.32 Å². The number of methoxy groups -OCH3 is 1. The van der Waals surface area contributed by atoms with Crippen molar-refractivity contribution < 1.29 is 19.1 Å². The highest BCUT2D eigenvalue weighted by molar-refractivity contribution is 8.01. The van der Waals surface area contributed by atoms with Crippen molar-refractivity contribution in [2.75, 3.05) is 24.3 Å². The van der Waals surface area contributed by atoms with Crippen molar-refractivity contribution in [2.24, 2.45) is 0 Å². The maximum atomic E-state index is 12.8. The molecule has 2 aliphatic heterocycles. The van der Waals surface area contributed by atoms with Gasteiger partial charge in [0.05, 0.1) is 12.0 Å². The number of fused-ring (bicyclic) bond motifs is 1. The van der Waals surface area contributed by atoms with Crippen molar-refractivity contribution in [2.45, 2.75) is 16.3 Å². The van der Waals surface area contributed by atoms with Crippen LogP contribution in [0, 0.1) is 0 Å². The SMILES string of the molecule is COC(=O)C1=C(CSc2ccc(N)cc2)CSC2C(NC(=O)c3cccs3)C(=O)N12. The average molecular weight is 462 g/mol. The van der Waals surface area contributed by atoms with Crippen molar-refractivity contribution in [3.05, 3.63) is 57.9 Å². The number of ether oxygens (including phenoxy) is 1. The number of benzene rings is 1. The van der Waals surface area contributed by atoms with Gasteiger partial charge < -0.3 is 15.8 Å². The molecule has 1 fully saturated rings. The van der Waals surface area contributed by atoms with E-state index in [1.54, 1.807) is 23.9 Å². The van der Waals surface area contributed by atoms with Crippen LogP contribution in [-0.2, 0) is 14.3 Å². The first-order valence-electron chi connectivity index (χ1n) is 9.07. The van der Waals surface area contributed by atoms with Crippen molar-refractivity contribution in [3.8, 4) is 0 Å². The number of β-lactam (4-membered cyclic amide) rings is 1. The largest absolute Gasteiger partial charge is 0.464 e. The minimum Gasteiger partial charge on any atom is -0.464 e. The van der Waals surface area contributed by atoms with Crippen molar-refractivity contribution >= 4 is 58.3 Å². The van der Waals surface area contributed by atoms with Crippen LogP contribution in [0.5, 0.6) is 0 Å². The zero-order valence-electron chi connectivity index (χ0n) is 16.0. The number of carbonyl (C=O) groups excluding carboxylic acids is 3. The summed E-state index contributed by atoms with van der Waals surface area (Å²) >= 11 is 4.42. The zero-order valence-corrected chi connectivity index (χ0v) is 18.4. The second-order valence-corrected chi connectivity index (χ2v) is 9.74. The number of nitrogens with two attached hydrogens (primary N) is 1. The van der Waals surface area contributed by atoms with Gasteiger partial charge in [0.1, 0.15) is 17.1 Å². The first-order valence-corrected chi connectivity index (χ1v) is 12.0. The predicted molar refractivity (Wildman–Crippen MR) is 119 cm³/mol. The number of hydrogen-bond donors (Lipinski definition) is 2. The third-order valence-corrected chi connectivity index (χ3v) is 8.06. The Balaban J connectivity index is 1.50. The summed E-state index contributed by atoms with van der Waals surface area (Å²) in [6.07, 6.45) is 0. The summed E-state index contributed by atoms with van der Waals surface area (Å²) in [5.41, 5.74) is 7.53. The molecule has 0 spiro atoms. The molecule has 0 radical (unpaired) electrons. The van der Waals surface area contributed by atoms with E-state index in [-0.39, 0.29) is 22.9 Å². The first-order chi connectivity index (χ1) is 14.5. The van der Waals surface area contributed by atoms with E-state index in [0.717, 1.165) is 10.5 Å². The Bertz CT molecular complexity index is 1000. The van der Waals surface area contributed by atoms with Crippen LogP contribution in [-0.4, -0.2) is 52.7 Å². The number of hydrogen-bond acceptors (Lipinski definition) is 8. The van der Waals surface area contributed by atoms with Gasteiger partial charge in [-0.15, -0.1) is 34.9 Å². The van der Waals surface area contributed by atoms with Crippen molar-refractivity contribution in [3.63, 3.8) is 0 Å². The van der Waals surface area contributed by atoms with Gasteiger partial charge in [0, 0.05) is 22.1 Å². The molecule has 0 bridgehead atoms. The molecule has 2 amide bonds. The molecule has 2 aromatic rings. The normalized spacial score (nSPS) is 20.4. The van der Waals surface area contributed by atoms with E-state index in [4.69, 9.17) is 10.5 Å². The molecular formula is C20H19N3O4S3. The Morgan fingerprint density at radius 2 is 2.07 bits per heavy atom. The van der Waals surface area contributed by atoms with Gasteiger partial charge in [-0.3, -0.25) is 14.5 Å². The highest BCUT2D eigenvalue weighted by Gasteiger charge is 2.54. The van der Waals surface area contributed by atoms with Crippen LogP contribution in [0.1, 0.15) is 9.67 Å². The predicted octanol–water partition coefficient (Wildman–Crippen LogP) is 2.56. The van der Waals surface area contributed by atoms with Crippen LogP contribution in [0.15, 0.2) is 57.9 Å².